The summed E-state index contributed by atoms with van der Waals surface area (Å²) in [7, 11) is 0. The molecule has 3 fully saturated rings. The van der Waals surface area contributed by atoms with E-state index in [1.54, 1.807) is 13.8 Å². The second-order valence-electron chi connectivity index (χ2n) is 11.5. The van der Waals surface area contributed by atoms with Crippen LogP contribution in [0, 0.1) is 41.4 Å². The number of likely N-dealkylation sites (tertiary alicyclic amines) is 1. The minimum Gasteiger partial charge on any atom is -0.381 e. The summed E-state index contributed by atoms with van der Waals surface area (Å²) in [5.74, 6) is -1.10. The molecule has 204 valence electrons. The molecule has 0 bridgehead atoms. The van der Waals surface area contributed by atoms with Crippen LogP contribution in [0.25, 0.3) is 0 Å². The molecule has 10 nitrogen and oxygen atoms in total. The van der Waals surface area contributed by atoms with Crippen LogP contribution in [0.3, 0.4) is 0 Å². The number of ether oxygens (including phenoxy) is 1. The van der Waals surface area contributed by atoms with Gasteiger partial charge in [0.15, 0.2) is 0 Å². The summed E-state index contributed by atoms with van der Waals surface area (Å²) in [4.78, 5) is 66.0. The van der Waals surface area contributed by atoms with Crippen LogP contribution in [-0.2, 0) is 28.7 Å². The molecule has 1 aliphatic carbocycles. The number of hydrogen-bond donors (Lipinski definition) is 3. The molecule has 0 aromatic heterocycles. The maximum atomic E-state index is 14.0. The zero-order valence-corrected chi connectivity index (χ0v) is 22.2. The highest BCUT2D eigenvalue weighted by molar-refractivity contribution is 6.37. The molecule has 2 saturated heterocycles. The number of amides is 4. The molecule has 5 atom stereocenters. The van der Waals surface area contributed by atoms with Crippen LogP contribution in [0.15, 0.2) is 0 Å². The second-order valence-corrected chi connectivity index (χ2v) is 11.5. The number of carbonyl (C=O) groups excluding carboxylic acids is 5. The van der Waals surface area contributed by atoms with E-state index in [1.807, 2.05) is 13.8 Å². The van der Waals surface area contributed by atoms with Gasteiger partial charge in [-0.1, -0.05) is 26.7 Å². The van der Waals surface area contributed by atoms with Gasteiger partial charge in [0.1, 0.15) is 12.1 Å². The quantitative estimate of drug-likeness (QED) is 0.267. The number of nitrogens with zero attached hydrogens (tertiary/aromatic N) is 1. The molecule has 0 spiro atoms. The fourth-order valence-corrected chi connectivity index (χ4v) is 5.27. The van der Waals surface area contributed by atoms with Gasteiger partial charge in [-0.2, -0.15) is 0 Å². The van der Waals surface area contributed by atoms with E-state index < -0.39 is 47.1 Å². The molecule has 4 amide bonds. The molecular weight excluding hydrogens is 476 g/mol. The Balaban J connectivity index is 1.91. The predicted molar refractivity (Wildman–Crippen MR) is 135 cm³/mol. The van der Waals surface area contributed by atoms with E-state index in [0.717, 1.165) is 12.8 Å². The lowest BCUT2D eigenvalue weighted by Crippen LogP contribution is -2.60. The Morgan fingerprint density at radius 1 is 1.11 bits per heavy atom. The van der Waals surface area contributed by atoms with Gasteiger partial charge in [0, 0.05) is 36.3 Å². The molecule has 3 rings (SSSR count). The van der Waals surface area contributed by atoms with Crippen molar-refractivity contribution in [3.05, 3.63) is 0 Å². The summed E-state index contributed by atoms with van der Waals surface area (Å²) in [6, 6.07) is -2.87. The first kappa shape index (κ1) is 28.6. The third-order valence-corrected chi connectivity index (χ3v) is 7.91. The van der Waals surface area contributed by atoms with E-state index in [9.17, 15) is 24.0 Å². The Bertz CT molecular complexity index is 960. The number of ketones is 1. The topological polar surface area (TPSA) is 148 Å². The normalized spacial score (nSPS) is 25.3. The number of terminal acetylenes is 1. The van der Waals surface area contributed by atoms with Crippen LogP contribution < -0.4 is 16.4 Å². The molecule has 1 saturated carbocycles. The van der Waals surface area contributed by atoms with Crippen molar-refractivity contribution in [3.63, 3.8) is 0 Å². The summed E-state index contributed by atoms with van der Waals surface area (Å²) in [6.45, 7) is 8.25. The summed E-state index contributed by atoms with van der Waals surface area (Å²) in [5.41, 5.74) is 4.52. The number of nitrogens with one attached hydrogen (secondary N) is 2. The second kappa shape index (κ2) is 11.6. The van der Waals surface area contributed by atoms with Crippen LogP contribution in [0.1, 0.15) is 59.8 Å². The molecule has 4 N–H and O–H groups in total. The van der Waals surface area contributed by atoms with Crippen LogP contribution in [0.4, 0.5) is 0 Å². The summed E-state index contributed by atoms with van der Waals surface area (Å²) < 4.78 is 5.50. The van der Waals surface area contributed by atoms with Crippen LogP contribution >= 0.6 is 0 Å². The molecule has 2 aliphatic heterocycles. The average molecular weight is 517 g/mol. The van der Waals surface area contributed by atoms with Gasteiger partial charge < -0.3 is 26.0 Å². The molecule has 37 heavy (non-hydrogen) atoms. The molecule has 3 unspecified atom stereocenters. The van der Waals surface area contributed by atoms with E-state index in [4.69, 9.17) is 16.9 Å². The lowest BCUT2D eigenvalue weighted by molar-refractivity contribution is -0.145. The van der Waals surface area contributed by atoms with Crippen molar-refractivity contribution in [2.45, 2.75) is 77.9 Å². The summed E-state index contributed by atoms with van der Waals surface area (Å²) in [5, 5.41) is 5.60. The highest BCUT2D eigenvalue weighted by Crippen LogP contribution is 2.40. The Kier molecular flexibility index (Phi) is 9.00. The zero-order chi connectivity index (χ0) is 27.5. The third-order valence-electron chi connectivity index (χ3n) is 7.91. The molecule has 10 heteroatoms. The lowest BCUT2D eigenvalue weighted by Gasteiger charge is -2.36. The van der Waals surface area contributed by atoms with Gasteiger partial charge in [0.2, 0.25) is 23.5 Å². The minimum absolute atomic E-state index is 0.224. The standard InChI is InChI=1S/C27H40N4O6/c1-6-27(4,5)18-9-11-31(26(36)20(17-10-12-37-14-17)30-24(34)15(2)3)21(18)25(35)29-19(13-16-7-8-16)22(32)23(28)33/h1,15-21H,7-14H2,2-5H3,(H2,28,33)(H,29,35)(H,30,34)/t17?,18-,19?,20?,21-/m0/s1. The molecule has 3 aliphatic rings. The van der Waals surface area contributed by atoms with Gasteiger partial charge in [0.25, 0.3) is 5.91 Å². The van der Waals surface area contributed by atoms with Crippen LogP contribution in [0.2, 0.25) is 0 Å². The van der Waals surface area contributed by atoms with Crippen LogP contribution in [-0.4, -0.2) is 72.2 Å². The van der Waals surface area contributed by atoms with E-state index in [2.05, 4.69) is 16.6 Å². The first-order chi connectivity index (χ1) is 17.4. The van der Waals surface area contributed by atoms with Gasteiger partial charge in [-0.15, -0.1) is 12.3 Å². The van der Waals surface area contributed by atoms with Gasteiger partial charge in [-0.05, 0) is 39.0 Å². The van der Waals surface area contributed by atoms with Crippen molar-refractivity contribution in [2.24, 2.45) is 34.8 Å². The van der Waals surface area contributed by atoms with E-state index in [-0.39, 0.29) is 36.1 Å². The van der Waals surface area contributed by atoms with E-state index in [0.29, 0.717) is 32.5 Å². The Hall–Kier alpha value is -2.93. The Morgan fingerprint density at radius 3 is 2.30 bits per heavy atom. The average Bonchev–Trinajstić information content (AvgIpc) is 3.31. The highest BCUT2D eigenvalue weighted by atomic mass is 16.5. The number of nitrogens with two attached hydrogens (primary N) is 1. The molecule has 0 aromatic carbocycles. The number of rotatable bonds is 11. The number of Topliss-reactive ketones (excluding diaryl/α,β-unsaturated/α-hetero) is 1. The van der Waals surface area contributed by atoms with Crippen molar-refractivity contribution >= 4 is 29.4 Å². The Labute approximate surface area is 218 Å². The van der Waals surface area contributed by atoms with Crippen molar-refractivity contribution in [1.29, 1.82) is 0 Å². The fourth-order valence-electron chi connectivity index (χ4n) is 5.27. The van der Waals surface area contributed by atoms with Gasteiger partial charge >= 0.3 is 0 Å². The minimum atomic E-state index is -1.11. The number of carbonyl (C=O) groups is 5. The maximum Gasteiger partial charge on any atom is 0.287 e. The van der Waals surface area contributed by atoms with Crippen molar-refractivity contribution in [1.82, 2.24) is 15.5 Å². The summed E-state index contributed by atoms with van der Waals surface area (Å²) >= 11 is 0. The molecular formula is C27H40N4O6. The van der Waals surface area contributed by atoms with E-state index >= 15 is 0 Å². The largest absolute Gasteiger partial charge is 0.381 e. The smallest absolute Gasteiger partial charge is 0.287 e. The third kappa shape index (κ3) is 6.69. The first-order valence-corrected chi connectivity index (χ1v) is 13.2. The zero-order valence-electron chi connectivity index (χ0n) is 22.2. The predicted octanol–water partition coefficient (Wildman–Crippen LogP) is 0.380. The van der Waals surface area contributed by atoms with Gasteiger partial charge in [-0.25, -0.2) is 0 Å². The monoisotopic (exact) mass is 516 g/mol. The Morgan fingerprint density at radius 2 is 1.78 bits per heavy atom. The lowest BCUT2D eigenvalue weighted by atomic mass is 9.75. The van der Waals surface area contributed by atoms with Gasteiger partial charge in [-0.3, -0.25) is 24.0 Å². The van der Waals surface area contributed by atoms with Crippen molar-refractivity contribution < 1.29 is 28.7 Å². The molecule has 2 heterocycles. The fraction of sp³-hybridized carbons (Fsp3) is 0.741. The van der Waals surface area contributed by atoms with Crippen LogP contribution in [0.5, 0.6) is 0 Å². The van der Waals surface area contributed by atoms with Gasteiger partial charge in [0.05, 0.1) is 12.6 Å². The van der Waals surface area contributed by atoms with E-state index in [1.165, 1.54) is 4.90 Å². The van der Waals surface area contributed by atoms with Crippen molar-refractivity contribution in [2.75, 3.05) is 19.8 Å². The number of primary amides is 1. The molecule has 0 radical (unpaired) electrons. The SMILES string of the molecule is C#CC(C)(C)[C@H]1CCN(C(=O)C(NC(=O)C(C)C)C2CCOC2)[C@@H]1C(=O)NC(CC1CC1)C(=O)C(N)=O. The summed E-state index contributed by atoms with van der Waals surface area (Å²) in [6.07, 6.45) is 9.06. The molecule has 0 aromatic rings. The maximum absolute atomic E-state index is 14.0. The highest BCUT2D eigenvalue weighted by Gasteiger charge is 2.51. The van der Waals surface area contributed by atoms with Crippen molar-refractivity contribution in [3.8, 4) is 12.3 Å². The number of hydrogen-bond acceptors (Lipinski definition) is 6. The first-order valence-electron chi connectivity index (χ1n) is 13.2.